The third kappa shape index (κ3) is 5.06. The summed E-state index contributed by atoms with van der Waals surface area (Å²) in [4.78, 5) is 15.0. The lowest BCUT2D eigenvalue weighted by Gasteiger charge is -2.42. The van der Waals surface area contributed by atoms with Crippen LogP contribution in [0.25, 0.3) is 0 Å². The number of nitrogens with zero attached hydrogens (tertiary/aromatic N) is 1. The van der Waals surface area contributed by atoms with Gasteiger partial charge in [0.2, 0.25) is 10.0 Å². The summed E-state index contributed by atoms with van der Waals surface area (Å²) >= 11 is 0. The topological polar surface area (TPSA) is 94.2 Å². The summed E-state index contributed by atoms with van der Waals surface area (Å²) in [6, 6.07) is 7.29. The molecule has 0 unspecified atom stereocenters. The molecule has 8 nitrogen and oxygen atoms in total. The molecule has 4 aliphatic heterocycles. The molecule has 6 rings (SSSR count). The van der Waals surface area contributed by atoms with Gasteiger partial charge in [-0.15, -0.1) is 0 Å². The number of para-hydroxylation sites is 1. The Kier molecular flexibility index (Phi) is 6.92. The highest BCUT2D eigenvalue weighted by atomic mass is 32.2. The van der Waals surface area contributed by atoms with Crippen molar-refractivity contribution in [1.29, 1.82) is 0 Å². The summed E-state index contributed by atoms with van der Waals surface area (Å²) in [5.74, 6) is 1.06. The number of sulfonamides is 1. The lowest BCUT2D eigenvalue weighted by atomic mass is 9.82. The van der Waals surface area contributed by atoms with Crippen molar-refractivity contribution in [1.82, 2.24) is 9.62 Å². The van der Waals surface area contributed by atoms with E-state index in [2.05, 4.69) is 10.8 Å². The molecule has 3 fully saturated rings. The number of hydrogen-bond acceptors (Lipinski definition) is 6. The summed E-state index contributed by atoms with van der Waals surface area (Å²) in [5, 5.41) is -0.533. The number of nitrogens with one attached hydrogen (secondary N) is 1. The van der Waals surface area contributed by atoms with Crippen LogP contribution in [0.3, 0.4) is 0 Å². The highest BCUT2D eigenvalue weighted by Crippen LogP contribution is 2.39. The predicted molar refractivity (Wildman–Crippen MR) is 123 cm³/mol. The van der Waals surface area contributed by atoms with E-state index < -0.39 is 15.3 Å². The molecule has 182 valence electrons. The van der Waals surface area contributed by atoms with E-state index in [-0.39, 0.29) is 37.3 Å². The normalized spacial score (nSPS) is 33.3. The van der Waals surface area contributed by atoms with Crippen LogP contribution >= 0.6 is 0 Å². The molecule has 0 aromatic heterocycles. The highest BCUT2D eigenvalue weighted by Gasteiger charge is 2.40. The fraction of sp³-hybridized carbons (Fsp3) is 0.708. The Bertz CT molecular complexity index is 940. The third-order valence-corrected chi connectivity index (χ3v) is 9.51. The molecule has 2 saturated heterocycles. The average Bonchev–Trinajstić information content (AvgIpc) is 3.38. The van der Waals surface area contributed by atoms with Gasteiger partial charge in [-0.1, -0.05) is 18.2 Å². The number of benzene rings is 1. The van der Waals surface area contributed by atoms with Crippen LogP contribution in [-0.2, 0) is 24.3 Å². The smallest absolute Gasteiger partial charge is 0.260 e. The van der Waals surface area contributed by atoms with Gasteiger partial charge in [0.15, 0.2) is 6.61 Å². The maximum absolute atomic E-state index is 13.3. The number of amides is 1. The molecule has 5 aliphatic rings. The number of carbonyl (C=O) groups excluding carboxylic acids is 1. The van der Waals surface area contributed by atoms with E-state index in [1.807, 2.05) is 18.2 Å². The van der Waals surface area contributed by atoms with E-state index in [1.54, 1.807) is 4.90 Å². The monoisotopic (exact) mass is 478 g/mol. The molecule has 0 radical (unpaired) electrons. The molecule has 3 atom stereocenters. The molecule has 1 N–H and O–H groups in total. The zero-order valence-electron chi connectivity index (χ0n) is 19.0. The Balaban J connectivity index is 1.38. The predicted octanol–water partition coefficient (Wildman–Crippen LogP) is 2.19. The molecular weight excluding hydrogens is 444 g/mol. The van der Waals surface area contributed by atoms with Crippen LogP contribution in [0.15, 0.2) is 24.3 Å². The van der Waals surface area contributed by atoms with E-state index in [9.17, 15) is 13.2 Å². The molecule has 1 amide bonds. The van der Waals surface area contributed by atoms with E-state index in [4.69, 9.17) is 14.2 Å². The van der Waals surface area contributed by atoms with Gasteiger partial charge in [0.05, 0.1) is 25.4 Å². The maximum atomic E-state index is 13.3. The number of rotatable bonds is 3. The van der Waals surface area contributed by atoms with Gasteiger partial charge in [-0.05, 0) is 62.5 Å². The molecule has 2 bridgehead atoms. The van der Waals surface area contributed by atoms with Gasteiger partial charge >= 0.3 is 0 Å². The van der Waals surface area contributed by atoms with Crippen LogP contribution in [0.4, 0.5) is 0 Å². The van der Waals surface area contributed by atoms with Gasteiger partial charge in [-0.2, -0.15) is 0 Å². The molecule has 1 saturated carbocycles. The highest BCUT2D eigenvalue weighted by molar-refractivity contribution is 7.90. The van der Waals surface area contributed by atoms with E-state index >= 15 is 0 Å². The summed E-state index contributed by atoms with van der Waals surface area (Å²) in [6.07, 6.45) is 6.00. The van der Waals surface area contributed by atoms with E-state index in [1.165, 1.54) is 5.56 Å². The Morgan fingerprint density at radius 3 is 2.61 bits per heavy atom. The van der Waals surface area contributed by atoms with Crippen molar-refractivity contribution >= 4 is 15.9 Å². The lowest BCUT2D eigenvalue weighted by molar-refractivity contribution is -0.140. The minimum atomic E-state index is -3.53. The van der Waals surface area contributed by atoms with Gasteiger partial charge in [-0.25, -0.2) is 13.1 Å². The van der Waals surface area contributed by atoms with Crippen molar-refractivity contribution < 1.29 is 27.4 Å². The first kappa shape index (κ1) is 23.1. The molecule has 9 heteroatoms. The first-order valence-electron chi connectivity index (χ1n) is 12.2. The van der Waals surface area contributed by atoms with Crippen LogP contribution in [-0.4, -0.2) is 75.6 Å². The third-order valence-electron chi connectivity index (χ3n) is 7.63. The first-order chi connectivity index (χ1) is 16.0. The fourth-order valence-electron chi connectivity index (χ4n) is 5.72. The van der Waals surface area contributed by atoms with Crippen LogP contribution in [0.5, 0.6) is 5.75 Å². The van der Waals surface area contributed by atoms with Crippen molar-refractivity contribution in [3.05, 3.63) is 29.8 Å². The van der Waals surface area contributed by atoms with Crippen molar-refractivity contribution in [2.75, 3.05) is 33.0 Å². The van der Waals surface area contributed by atoms with Crippen LogP contribution < -0.4 is 9.46 Å². The van der Waals surface area contributed by atoms with Gasteiger partial charge in [0, 0.05) is 19.2 Å². The Morgan fingerprint density at radius 2 is 1.82 bits per heavy atom. The second kappa shape index (κ2) is 9.90. The zero-order chi connectivity index (χ0) is 22.8. The second-order valence-corrected chi connectivity index (χ2v) is 11.7. The Hall–Kier alpha value is -1.68. The summed E-state index contributed by atoms with van der Waals surface area (Å²) in [5.41, 5.74) is 1.17. The van der Waals surface area contributed by atoms with Gasteiger partial charge in [-0.3, -0.25) is 4.79 Å². The minimum Gasteiger partial charge on any atom is -0.483 e. The lowest BCUT2D eigenvalue weighted by Crippen LogP contribution is -2.60. The largest absolute Gasteiger partial charge is 0.483 e. The molecule has 1 aromatic carbocycles. The average molecular weight is 479 g/mol. The molecule has 4 heterocycles. The van der Waals surface area contributed by atoms with Crippen molar-refractivity contribution in [3.63, 3.8) is 0 Å². The van der Waals surface area contributed by atoms with Gasteiger partial charge < -0.3 is 19.1 Å². The van der Waals surface area contributed by atoms with Crippen LogP contribution in [0.1, 0.15) is 56.4 Å². The number of fused-ring (bicyclic) bond motifs is 5. The summed E-state index contributed by atoms with van der Waals surface area (Å²) in [6.45, 7) is 1.55. The quantitative estimate of drug-likeness (QED) is 0.716. The number of ether oxygens (including phenoxy) is 3. The Labute approximate surface area is 196 Å². The SMILES string of the molecule is O=C1COc2ccccc2C2CCC(CC2)OC[C@H]2[C@@H](NS(=O)(=O)[C@@H]3CCOC3)CCCN12. The van der Waals surface area contributed by atoms with Crippen LogP contribution in [0.2, 0.25) is 0 Å². The zero-order valence-corrected chi connectivity index (χ0v) is 19.8. The van der Waals surface area contributed by atoms with Crippen molar-refractivity contribution in [2.45, 2.75) is 74.3 Å². The van der Waals surface area contributed by atoms with Gasteiger partial charge in [0.25, 0.3) is 5.91 Å². The number of carbonyl (C=O) groups is 1. The molecule has 33 heavy (non-hydrogen) atoms. The number of piperidine rings is 1. The van der Waals surface area contributed by atoms with Crippen LogP contribution in [0, 0.1) is 0 Å². The summed E-state index contributed by atoms with van der Waals surface area (Å²) in [7, 11) is -3.53. The summed E-state index contributed by atoms with van der Waals surface area (Å²) < 4.78 is 46.5. The second-order valence-electron chi connectivity index (χ2n) is 9.69. The minimum absolute atomic E-state index is 0.0560. The fourth-order valence-corrected chi connectivity index (χ4v) is 7.29. The maximum Gasteiger partial charge on any atom is 0.260 e. The Morgan fingerprint density at radius 1 is 1.00 bits per heavy atom. The molecule has 1 aromatic rings. The van der Waals surface area contributed by atoms with E-state index in [0.29, 0.717) is 38.5 Å². The van der Waals surface area contributed by atoms with E-state index in [0.717, 1.165) is 37.9 Å². The van der Waals surface area contributed by atoms with Gasteiger partial charge in [0.1, 0.15) is 11.0 Å². The van der Waals surface area contributed by atoms with Crippen molar-refractivity contribution in [3.8, 4) is 5.75 Å². The molecule has 1 aliphatic carbocycles. The molecule has 0 spiro atoms. The first-order valence-corrected chi connectivity index (χ1v) is 13.8. The standard InChI is InChI=1S/C24H34N2O6S/c27-24-16-32-23-6-2-1-4-20(23)17-7-9-18(10-8-17)31-15-22-21(5-3-12-26(22)24)25-33(28,29)19-11-13-30-14-19/h1-2,4,6,17-19,21-22,25H,3,5,7-16H2/t17?,18?,19-,21+,22+/m1/s1. The molecular formula is C24H34N2O6S. The van der Waals surface area contributed by atoms with Crippen molar-refractivity contribution in [2.24, 2.45) is 0 Å². The number of hydrogen-bond donors (Lipinski definition) is 1.